The molecule has 0 bridgehead atoms. The van der Waals surface area contributed by atoms with Gasteiger partial charge in [0.25, 0.3) is 5.91 Å². The Morgan fingerprint density at radius 3 is 2.75 bits per heavy atom. The first-order valence-electron chi connectivity index (χ1n) is 6.31. The molecule has 2 aromatic rings. The summed E-state index contributed by atoms with van der Waals surface area (Å²) in [5.74, 6) is 0.971. The molecule has 1 aromatic carbocycles. The molecule has 20 heavy (non-hydrogen) atoms. The highest BCUT2D eigenvalue weighted by Gasteiger charge is 2.13. The first kappa shape index (κ1) is 13.9. The maximum absolute atomic E-state index is 12.0. The smallest absolute Gasteiger partial charge is 0.293 e. The quantitative estimate of drug-likeness (QED) is 0.840. The average Bonchev–Trinajstić information content (AvgIpc) is 2.96. The number of aromatic nitrogens is 3. The largest absolute Gasteiger partial charge is 0.494 e. The van der Waals surface area contributed by atoms with Crippen molar-refractivity contribution in [3.63, 3.8) is 0 Å². The van der Waals surface area contributed by atoms with Crippen molar-refractivity contribution >= 4 is 11.6 Å². The number of carbonyl (C=O) groups excluding carboxylic acids is 1. The summed E-state index contributed by atoms with van der Waals surface area (Å²) >= 11 is 0. The zero-order chi connectivity index (χ0) is 14.4. The van der Waals surface area contributed by atoms with E-state index >= 15 is 0 Å². The summed E-state index contributed by atoms with van der Waals surface area (Å²) in [5, 5.41) is 8.86. The van der Waals surface area contributed by atoms with Crippen LogP contribution in [0.5, 0.6) is 11.5 Å². The van der Waals surface area contributed by atoms with Crippen LogP contribution in [0.3, 0.4) is 0 Å². The number of rotatable bonds is 6. The van der Waals surface area contributed by atoms with Gasteiger partial charge in [0.05, 0.1) is 18.9 Å². The van der Waals surface area contributed by atoms with Crippen LogP contribution in [-0.2, 0) is 0 Å². The molecule has 0 fully saturated rings. The minimum Gasteiger partial charge on any atom is -0.494 e. The molecule has 0 aliphatic heterocycles. The number of hydrogen-bond donors (Lipinski definition) is 2. The molecule has 1 amide bonds. The number of carbonyl (C=O) groups is 1. The van der Waals surface area contributed by atoms with Crippen molar-refractivity contribution < 1.29 is 14.3 Å². The molecule has 1 aromatic heterocycles. The van der Waals surface area contributed by atoms with Gasteiger partial charge in [-0.2, -0.15) is 5.10 Å². The monoisotopic (exact) mass is 276 g/mol. The van der Waals surface area contributed by atoms with Crippen molar-refractivity contribution in [3.8, 4) is 11.5 Å². The molecule has 0 saturated carbocycles. The van der Waals surface area contributed by atoms with E-state index in [4.69, 9.17) is 9.47 Å². The minimum absolute atomic E-state index is 0.134. The first-order chi connectivity index (χ1) is 9.74. The summed E-state index contributed by atoms with van der Waals surface area (Å²) in [6.45, 7) is 4.81. The fourth-order valence-electron chi connectivity index (χ4n) is 1.64. The molecule has 106 valence electrons. The Morgan fingerprint density at radius 1 is 1.30 bits per heavy atom. The molecule has 0 saturated heterocycles. The summed E-state index contributed by atoms with van der Waals surface area (Å²) < 4.78 is 10.9. The maximum atomic E-state index is 12.0. The van der Waals surface area contributed by atoms with Crippen LogP contribution in [0.15, 0.2) is 24.5 Å². The van der Waals surface area contributed by atoms with Crippen LogP contribution in [0.2, 0.25) is 0 Å². The van der Waals surface area contributed by atoms with Gasteiger partial charge in [-0.05, 0) is 26.0 Å². The van der Waals surface area contributed by atoms with Crippen LogP contribution in [0.1, 0.15) is 24.5 Å². The Labute approximate surface area is 116 Å². The van der Waals surface area contributed by atoms with Crippen LogP contribution in [0.25, 0.3) is 0 Å². The molecule has 2 N–H and O–H groups in total. The lowest BCUT2D eigenvalue weighted by molar-refractivity contribution is 0.101. The number of aromatic amines is 1. The Balaban J connectivity index is 2.22. The number of ether oxygens (including phenoxy) is 2. The third-order valence-electron chi connectivity index (χ3n) is 2.44. The number of amides is 1. The van der Waals surface area contributed by atoms with Crippen molar-refractivity contribution in [2.24, 2.45) is 0 Å². The Bertz CT molecular complexity index is 569. The van der Waals surface area contributed by atoms with Gasteiger partial charge in [0.2, 0.25) is 5.82 Å². The molecule has 7 nitrogen and oxygen atoms in total. The number of nitrogens with zero attached hydrogens (tertiary/aromatic N) is 2. The van der Waals surface area contributed by atoms with Gasteiger partial charge in [0.15, 0.2) is 0 Å². The van der Waals surface area contributed by atoms with Crippen molar-refractivity contribution in [1.82, 2.24) is 15.2 Å². The molecular weight excluding hydrogens is 260 g/mol. The number of nitrogens with one attached hydrogen (secondary N) is 2. The summed E-state index contributed by atoms with van der Waals surface area (Å²) in [5.41, 5.74) is 0.527. The zero-order valence-electron chi connectivity index (χ0n) is 11.3. The van der Waals surface area contributed by atoms with Gasteiger partial charge in [-0.1, -0.05) is 0 Å². The second kappa shape index (κ2) is 6.55. The van der Waals surface area contributed by atoms with Gasteiger partial charge in [0, 0.05) is 6.07 Å². The van der Waals surface area contributed by atoms with Crippen LogP contribution in [0, 0.1) is 0 Å². The van der Waals surface area contributed by atoms with Crippen LogP contribution >= 0.6 is 0 Å². The lowest BCUT2D eigenvalue weighted by Crippen LogP contribution is -2.14. The molecule has 2 rings (SSSR count). The summed E-state index contributed by atoms with van der Waals surface area (Å²) in [6, 6.07) is 5.26. The second-order valence-electron chi connectivity index (χ2n) is 3.81. The molecule has 0 atom stereocenters. The number of benzene rings is 1. The minimum atomic E-state index is -0.392. The van der Waals surface area contributed by atoms with Gasteiger partial charge in [-0.15, -0.1) is 0 Å². The van der Waals surface area contributed by atoms with Gasteiger partial charge < -0.3 is 14.8 Å². The lowest BCUT2D eigenvalue weighted by atomic mass is 10.2. The van der Waals surface area contributed by atoms with Crippen molar-refractivity contribution in [3.05, 3.63) is 30.4 Å². The standard InChI is InChI=1S/C13H16N4O3/c1-3-19-9-5-6-11(20-4-2)10(7-9)16-13(18)12-14-8-15-17-12/h5-8H,3-4H2,1-2H3,(H,16,18)(H,14,15,17). The maximum Gasteiger partial charge on any atom is 0.293 e. The van der Waals surface area contributed by atoms with E-state index in [9.17, 15) is 4.79 Å². The SMILES string of the molecule is CCOc1ccc(OCC)c(NC(=O)c2ncn[nH]2)c1. The Morgan fingerprint density at radius 2 is 2.10 bits per heavy atom. The summed E-state index contributed by atoms with van der Waals surface area (Å²) in [6.07, 6.45) is 1.27. The Kier molecular flexibility index (Phi) is 4.54. The average molecular weight is 276 g/mol. The zero-order valence-corrected chi connectivity index (χ0v) is 11.3. The third-order valence-corrected chi connectivity index (χ3v) is 2.44. The normalized spacial score (nSPS) is 10.1. The number of anilines is 1. The number of hydrogen-bond acceptors (Lipinski definition) is 5. The van der Waals surface area contributed by atoms with Crippen molar-refractivity contribution in [1.29, 1.82) is 0 Å². The molecule has 0 aliphatic carbocycles. The van der Waals surface area contributed by atoms with Crippen molar-refractivity contribution in [2.45, 2.75) is 13.8 Å². The molecule has 0 aliphatic rings. The van der Waals surface area contributed by atoms with Crippen LogP contribution in [0.4, 0.5) is 5.69 Å². The van der Waals surface area contributed by atoms with E-state index < -0.39 is 5.91 Å². The van der Waals surface area contributed by atoms with E-state index in [0.29, 0.717) is 30.4 Å². The highest BCUT2D eigenvalue weighted by atomic mass is 16.5. The first-order valence-corrected chi connectivity index (χ1v) is 6.31. The van der Waals surface area contributed by atoms with E-state index in [1.54, 1.807) is 18.2 Å². The fourth-order valence-corrected chi connectivity index (χ4v) is 1.64. The number of H-pyrrole nitrogens is 1. The van der Waals surface area contributed by atoms with E-state index in [0.717, 1.165) is 0 Å². The lowest BCUT2D eigenvalue weighted by Gasteiger charge is -2.12. The van der Waals surface area contributed by atoms with Gasteiger partial charge >= 0.3 is 0 Å². The molecule has 0 unspecified atom stereocenters. The van der Waals surface area contributed by atoms with Crippen LogP contribution < -0.4 is 14.8 Å². The van der Waals surface area contributed by atoms with E-state index in [-0.39, 0.29) is 5.82 Å². The van der Waals surface area contributed by atoms with Gasteiger partial charge in [-0.25, -0.2) is 4.98 Å². The molecular formula is C13H16N4O3. The predicted molar refractivity (Wildman–Crippen MR) is 73.1 cm³/mol. The third kappa shape index (κ3) is 3.25. The van der Waals surface area contributed by atoms with Gasteiger partial charge in [0.1, 0.15) is 17.8 Å². The molecule has 0 radical (unpaired) electrons. The fraction of sp³-hybridized carbons (Fsp3) is 0.308. The Hall–Kier alpha value is -2.57. The highest BCUT2D eigenvalue weighted by Crippen LogP contribution is 2.29. The van der Waals surface area contributed by atoms with E-state index in [2.05, 4.69) is 20.5 Å². The topological polar surface area (TPSA) is 89.1 Å². The highest BCUT2D eigenvalue weighted by molar-refractivity contribution is 6.02. The summed E-state index contributed by atoms with van der Waals surface area (Å²) in [4.78, 5) is 15.8. The summed E-state index contributed by atoms with van der Waals surface area (Å²) in [7, 11) is 0. The van der Waals surface area contributed by atoms with Crippen molar-refractivity contribution in [2.75, 3.05) is 18.5 Å². The van der Waals surface area contributed by atoms with E-state index in [1.165, 1.54) is 6.33 Å². The van der Waals surface area contributed by atoms with Gasteiger partial charge in [-0.3, -0.25) is 9.89 Å². The molecule has 7 heteroatoms. The molecule has 1 heterocycles. The predicted octanol–water partition coefficient (Wildman–Crippen LogP) is 1.85. The molecule has 0 spiro atoms. The second-order valence-corrected chi connectivity index (χ2v) is 3.81. The van der Waals surface area contributed by atoms with Crippen LogP contribution in [-0.4, -0.2) is 34.3 Å². The van der Waals surface area contributed by atoms with E-state index in [1.807, 2.05) is 13.8 Å².